The molecule has 5 nitrogen and oxygen atoms in total. The summed E-state index contributed by atoms with van der Waals surface area (Å²) in [4.78, 5) is 18.6. The van der Waals surface area contributed by atoms with Crippen LogP contribution in [0.1, 0.15) is 30.1 Å². The second-order valence-corrected chi connectivity index (χ2v) is 5.20. The fourth-order valence-corrected chi connectivity index (χ4v) is 2.48. The highest BCUT2D eigenvalue weighted by Crippen LogP contribution is 2.17. The monoisotopic (exact) mass is 262 g/mol. The summed E-state index contributed by atoms with van der Waals surface area (Å²) in [6.45, 7) is 3.22. The van der Waals surface area contributed by atoms with Crippen molar-refractivity contribution < 1.29 is 4.79 Å². The molecule has 2 rings (SSSR count). The van der Waals surface area contributed by atoms with Gasteiger partial charge in [0.2, 0.25) is 0 Å². The predicted molar refractivity (Wildman–Crippen MR) is 76.4 cm³/mol. The van der Waals surface area contributed by atoms with Gasteiger partial charge in [-0.05, 0) is 32.9 Å². The van der Waals surface area contributed by atoms with E-state index in [1.54, 1.807) is 12.4 Å². The standard InChI is InChI=1S/C14H22N4O/c1-10-8-11(5-7-18(10)3)17-14(19)12-9-16-6-4-13(12)15-2/h4,6,9-11H,5,7-8H2,1-3H3,(H,15,16)(H,17,19). The first-order valence-electron chi connectivity index (χ1n) is 6.74. The maximum absolute atomic E-state index is 12.3. The van der Waals surface area contributed by atoms with E-state index in [0.29, 0.717) is 11.6 Å². The van der Waals surface area contributed by atoms with E-state index < -0.39 is 0 Å². The summed E-state index contributed by atoms with van der Waals surface area (Å²) in [6, 6.07) is 2.58. The van der Waals surface area contributed by atoms with Crippen molar-refractivity contribution in [3.05, 3.63) is 24.0 Å². The maximum atomic E-state index is 12.3. The smallest absolute Gasteiger partial charge is 0.255 e. The van der Waals surface area contributed by atoms with Gasteiger partial charge in [-0.2, -0.15) is 0 Å². The highest BCUT2D eigenvalue weighted by Gasteiger charge is 2.24. The molecule has 2 N–H and O–H groups in total. The Hall–Kier alpha value is -1.62. The topological polar surface area (TPSA) is 57.3 Å². The zero-order chi connectivity index (χ0) is 13.8. The summed E-state index contributed by atoms with van der Waals surface area (Å²) >= 11 is 0. The Labute approximate surface area is 114 Å². The van der Waals surface area contributed by atoms with Gasteiger partial charge in [0, 0.05) is 43.8 Å². The lowest BCUT2D eigenvalue weighted by Crippen LogP contribution is -2.47. The van der Waals surface area contributed by atoms with Crippen molar-refractivity contribution >= 4 is 11.6 Å². The van der Waals surface area contributed by atoms with Crippen molar-refractivity contribution in [2.24, 2.45) is 0 Å². The summed E-state index contributed by atoms with van der Waals surface area (Å²) in [5, 5.41) is 6.14. The average Bonchev–Trinajstić information content (AvgIpc) is 2.43. The number of amides is 1. The second kappa shape index (κ2) is 6.02. The molecule has 1 amide bonds. The highest BCUT2D eigenvalue weighted by molar-refractivity contribution is 5.99. The summed E-state index contributed by atoms with van der Waals surface area (Å²) in [5.41, 5.74) is 1.42. The number of pyridine rings is 1. The Morgan fingerprint density at radius 3 is 3.00 bits per heavy atom. The lowest BCUT2D eigenvalue weighted by molar-refractivity contribution is 0.0897. The number of piperidine rings is 1. The maximum Gasteiger partial charge on any atom is 0.255 e. The molecule has 0 spiro atoms. The zero-order valence-corrected chi connectivity index (χ0v) is 11.8. The van der Waals surface area contributed by atoms with E-state index in [2.05, 4.69) is 34.5 Å². The van der Waals surface area contributed by atoms with Crippen LogP contribution in [0.4, 0.5) is 5.69 Å². The van der Waals surface area contributed by atoms with Gasteiger partial charge in [-0.25, -0.2) is 0 Å². The first-order valence-corrected chi connectivity index (χ1v) is 6.74. The number of nitrogens with zero attached hydrogens (tertiary/aromatic N) is 2. The van der Waals surface area contributed by atoms with Gasteiger partial charge in [-0.1, -0.05) is 0 Å². The molecule has 5 heteroatoms. The molecule has 2 heterocycles. The number of anilines is 1. The SMILES string of the molecule is CNc1ccncc1C(=O)NC1CCN(C)C(C)C1. The van der Waals surface area contributed by atoms with Gasteiger partial charge < -0.3 is 15.5 Å². The van der Waals surface area contributed by atoms with E-state index in [1.807, 2.05) is 13.1 Å². The fraction of sp³-hybridized carbons (Fsp3) is 0.571. The fourth-order valence-electron chi connectivity index (χ4n) is 2.48. The summed E-state index contributed by atoms with van der Waals surface area (Å²) in [5.74, 6) is -0.0424. The Bertz CT molecular complexity index is 449. The van der Waals surface area contributed by atoms with Crippen LogP contribution in [0.3, 0.4) is 0 Å². The van der Waals surface area contributed by atoms with Crippen LogP contribution in [0.2, 0.25) is 0 Å². The van der Waals surface area contributed by atoms with Crippen LogP contribution in [0, 0.1) is 0 Å². The van der Waals surface area contributed by atoms with Gasteiger partial charge in [0.05, 0.1) is 5.56 Å². The molecule has 104 valence electrons. The number of rotatable bonds is 3. The molecule has 1 aliphatic rings. The lowest BCUT2D eigenvalue weighted by atomic mass is 9.98. The van der Waals surface area contributed by atoms with Crippen molar-refractivity contribution in [2.75, 3.05) is 26.0 Å². The number of nitrogens with one attached hydrogen (secondary N) is 2. The highest BCUT2D eigenvalue weighted by atomic mass is 16.1. The molecule has 0 aliphatic carbocycles. The van der Waals surface area contributed by atoms with E-state index in [1.165, 1.54) is 0 Å². The first-order chi connectivity index (χ1) is 9.11. The molecule has 19 heavy (non-hydrogen) atoms. The summed E-state index contributed by atoms with van der Waals surface area (Å²) < 4.78 is 0. The second-order valence-electron chi connectivity index (χ2n) is 5.20. The molecule has 0 saturated carbocycles. The third-order valence-electron chi connectivity index (χ3n) is 3.88. The van der Waals surface area contributed by atoms with Crippen molar-refractivity contribution in [1.82, 2.24) is 15.2 Å². The molecule has 0 radical (unpaired) electrons. The van der Waals surface area contributed by atoms with E-state index in [9.17, 15) is 4.79 Å². The molecule has 1 aliphatic heterocycles. The molecular formula is C14H22N4O. The Morgan fingerprint density at radius 2 is 2.32 bits per heavy atom. The molecule has 2 unspecified atom stereocenters. The third-order valence-corrected chi connectivity index (χ3v) is 3.88. The van der Waals surface area contributed by atoms with Crippen LogP contribution >= 0.6 is 0 Å². The van der Waals surface area contributed by atoms with Crippen LogP contribution in [0.25, 0.3) is 0 Å². The Kier molecular flexibility index (Phi) is 4.37. The van der Waals surface area contributed by atoms with Crippen LogP contribution in [-0.4, -0.2) is 48.5 Å². The van der Waals surface area contributed by atoms with Crippen molar-refractivity contribution in [2.45, 2.75) is 31.8 Å². The van der Waals surface area contributed by atoms with Crippen molar-refractivity contribution in [3.63, 3.8) is 0 Å². The normalized spacial score (nSPS) is 23.9. The minimum Gasteiger partial charge on any atom is -0.387 e. The molecule has 1 saturated heterocycles. The van der Waals surface area contributed by atoms with E-state index in [-0.39, 0.29) is 11.9 Å². The van der Waals surface area contributed by atoms with Crippen LogP contribution < -0.4 is 10.6 Å². The quantitative estimate of drug-likeness (QED) is 0.863. The third kappa shape index (κ3) is 3.23. The number of carbonyl (C=O) groups is 1. The number of likely N-dealkylation sites (tertiary alicyclic amines) is 1. The molecule has 1 fully saturated rings. The summed E-state index contributed by atoms with van der Waals surface area (Å²) in [7, 11) is 3.94. The molecular weight excluding hydrogens is 240 g/mol. The van der Waals surface area contributed by atoms with E-state index in [4.69, 9.17) is 0 Å². The van der Waals surface area contributed by atoms with Crippen LogP contribution in [0.5, 0.6) is 0 Å². The van der Waals surface area contributed by atoms with Crippen molar-refractivity contribution in [1.29, 1.82) is 0 Å². The number of hydrogen-bond acceptors (Lipinski definition) is 4. The predicted octanol–water partition coefficient (Wildman–Crippen LogP) is 1.34. The van der Waals surface area contributed by atoms with Gasteiger partial charge in [-0.15, -0.1) is 0 Å². The number of hydrogen-bond donors (Lipinski definition) is 2. The minimum absolute atomic E-state index is 0.0424. The lowest BCUT2D eigenvalue weighted by Gasteiger charge is -2.35. The zero-order valence-electron chi connectivity index (χ0n) is 11.8. The Morgan fingerprint density at radius 1 is 1.53 bits per heavy atom. The number of aromatic nitrogens is 1. The van der Waals surface area contributed by atoms with Gasteiger partial charge in [0.25, 0.3) is 5.91 Å². The van der Waals surface area contributed by atoms with Gasteiger partial charge in [0.15, 0.2) is 0 Å². The Balaban J connectivity index is 2.01. The molecule has 1 aromatic heterocycles. The average molecular weight is 262 g/mol. The molecule has 0 bridgehead atoms. The van der Waals surface area contributed by atoms with Gasteiger partial charge in [0.1, 0.15) is 0 Å². The van der Waals surface area contributed by atoms with Crippen molar-refractivity contribution in [3.8, 4) is 0 Å². The van der Waals surface area contributed by atoms with Gasteiger partial charge >= 0.3 is 0 Å². The minimum atomic E-state index is -0.0424. The van der Waals surface area contributed by atoms with Crippen LogP contribution in [-0.2, 0) is 0 Å². The molecule has 0 aromatic carbocycles. The first kappa shape index (κ1) is 13.8. The van der Waals surface area contributed by atoms with Crippen LogP contribution in [0.15, 0.2) is 18.5 Å². The van der Waals surface area contributed by atoms with E-state index in [0.717, 1.165) is 25.1 Å². The van der Waals surface area contributed by atoms with Gasteiger partial charge in [-0.3, -0.25) is 9.78 Å². The largest absolute Gasteiger partial charge is 0.387 e. The molecule has 1 aromatic rings. The summed E-state index contributed by atoms with van der Waals surface area (Å²) in [6.07, 6.45) is 5.29. The molecule has 2 atom stereocenters. The number of carbonyl (C=O) groups excluding carboxylic acids is 1. The van der Waals surface area contributed by atoms with E-state index >= 15 is 0 Å².